The Bertz CT molecular complexity index is 576. The van der Waals surface area contributed by atoms with E-state index in [0.29, 0.717) is 5.69 Å². The van der Waals surface area contributed by atoms with Gasteiger partial charge >= 0.3 is 12.1 Å². The lowest BCUT2D eigenvalue weighted by Crippen LogP contribution is -2.28. The van der Waals surface area contributed by atoms with Gasteiger partial charge in [0.1, 0.15) is 24.4 Å². The van der Waals surface area contributed by atoms with Crippen molar-refractivity contribution in [3.05, 3.63) is 17.7 Å². The molecule has 1 heterocycles. The van der Waals surface area contributed by atoms with Crippen LogP contribution in [0.1, 0.15) is 31.1 Å². The number of aromatic carboxylic acids is 1. The monoisotopic (exact) mass is 295 g/mol. The van der Waals surface area contributed by atoms with Crippen molar-refractivity contribution in [3.8, 4) is 11.5 Å². The average Bonchev–Trinajstić information content (AvgIpc) is 2.36. The van der Waals surface area contributed by atoms with Gasteiger partial charge in [0.2, 0.25) is 0 Å². The Morgan fingerprint density at radius 2 is 1.81 bits per heavy atom. The molecule has 2 N–H and O–H groups in total. The first-order chi connectivity index (χ1) is 9.78. The zero-order valence-corrected chi connectivity index (χ0v) is 12.1. The van der Waals surface area contributed by atoms with Gasteiger partial charge in [0.15, 0.2) is 11.5 Å². The number of anilines is 1. The van der Waals surface area contributed by atoms with Crippen LogP contribution < -0.4 is 14.8 Å². The van der Waals surface area contributed by atoms with E-state index in [9.17, 15) is 9.59 Å². The van der Waals surface area contributed by atoms with E-state index in [-0.39, 0.29) is 30.3 Å². The van der Waals surface area contributed by atoms with Crippen LogP contribution in [-0.4, -0.2) is 36.0 Å². The fourth-order valence-corrected chi connectivity index (χ4v) is 1.82. The minimum Gasteiger partial charge on any atom is -0.485 e. The lowest BCUT2D eigenvalue weighted by atomic mass is 10.1. The maximum Gasteiger partial charge on any atom is 0.412 e. The van der Waals surface area contributed by atoms with Crippen molar-refractivity contribution in [3.63, 3.8) is 0 Å². The molecule has 1 aromatic rings. The van der Waals surface area contributed by atoms with Crippen LogP contribution in [0.3, 0.4) is 0 Å². The zero-order chi connectivity index (χ0) is 15.6. The summed E-state index contributed by atoms with van der Waals surface area (Å²) in [6.07, 6.45) is -0.651. The first-order valence-electron chi connectivity index (χ1n) is 6.44. The van der Waals surface area contributed by atoms with Crippen LogP contribution in [0.4, 0.5) is 10.5 Å². The van der Waals surface area contributed by atoms with Crippen LogP contribution in [0.2, 0.25) is 0 Å². The molecule has 1 amide bonds. The SMILES string of the molecule is CC(C)(C)OC(=O)Nc1ccc(C(=O)O)c2c1OCCO2. The third kappa shape index (κ3) is 3.56. The average molecular weight is 295 g/mol. The number of carboxylic acids is 1. The summed E-state index contributed by atoms with van der Waals surface area (Å²) in [7, 11) is 0. The summed E-state index contributed by atoms with van der Waals surface area (Å²) in [4.78, 5) is 22.9. The highest BCUT2D eigenvalue weighted by Gasteiger charge is 2.25. The lowest BCUT2D eigenvalue weighted by Gasteiger charge is -2.24. The second-order valence-electron chi connectivity index (χ2n) is 5.45. The molecule has 7 heteroatoms. The highest BCUT2D eigenvalue weighted by atomic mass is 16.6. The summed E-state index contributed by atoms with van der Waals surface area (Å²) in [5.41, 5.74) is -0.342. The van der Waals surface area contributed by atoms with E-state index < -0.39 is 17.7 Å². The fourth-order valence-electron chi connectivity index (χ4n) is 1.82. The van der Waals surface area contributed by atoms with Crippen LogP contribution >= 0.6 is 0 Å². The molecule has 2 rings (SSSR count). The molecule has 0 bridgehead atoms. The predicted octanol–water partition coefficient (Wildman–Crippen LogP) is 2.50. The van der Waals surface area contributed by atoms with E-state index in [0.717, 1.165) is 0 Å². The van der Waals surface area contributed by atoms with Gasteiger partial charge in [-0.2, -0.15) is 0 Å². The Labute approximate surface area is 121 Å². The number of ether oxygens (including phenoxy) is 3. The van der Waals surface area contributed by atoms with Crippen LogP contribution in [0.5, 0.6) is 11.5 Å². The van der Waals surface area contributed by atoms with Crippen LogP contribution in [0, 0.1) is 0 Å². The van der Waals surface area contributed by atoms with Gasteiger partial charge in [-0.3, -0.25) is 5.32 Å². The Balaban J connectivity index is 2.29. The van der Waals surface area contributed by atoms with Crippen molar-refractivity contribution < 1.29 is 28.9 Å². The minimum atomic E-state index is -1.12. The predicted molar refractivity (Wildman–Crippen MR) is 74.2 cm³/mol. The van der Waals surface area contributed by atoms with Crippen molar-refractivity contribution in [2.75, 3.05) is 18.5 Å². The maximum absolute atomic E-state index is 11.8. The molecular formula is C14H17NO6. The highest BCUT2D eigenvalue weighted by molar-refractivity contribution is 5.96. The molecule has 1 aliphatic heterocycles. The molecule has 114 valence electrons. The van der Waals surface area contributed by atoms with E-state index >= 15 is 0 Å². The summed E-state index contributed by atoms with van der Waals surface area (Å²) in [6, 6.07) is 2.80. The van der Waals surface area contributed by atoms with Gasteiger partial charge in [-0.25, -0.2) is 9.59 Å². The van der Waals surface area contributed by atoms with Gasteiger partial charge < -0.3 is 19.3 Å². The molecule has 0 fully saturated rings. The van der Waals surface area contributed by atoms with Gasteiger partial charge in [-0.15, -0.1) is 0 Å². The molecule has 0 radical (unpaired) electrons. The highest BCUT2D eigenvalue weighted by Crippen LogP contribution is 2.40. The third-order valence-electron chi connectivity index (χ3n) is 2.55. The zero-order valence-electron chi connectivity index (χ0n) is 12.1. The number of hydrogen-bond donors (Lipinski definition) is 2. The van der Waals surface area contributed by atoms with Crippen molar-refractivity contribution in [1.29, 1.82) is 0 Å². The normalized spacial score (nSPS) is 13.5. The first-order valence-corrected chi connectivity index (χ1v) is 6.44. The number of carbonyl (C=O) groups excluding carboxylic acids is 1. The van der Waals surface area contributed by atoms with E-state index in [1.165, 1.54) is 12.1 Å². The van der Waals surface area contributed by atoms with Gasteiger partial charge in [0.05, 0.1) is 5.69 Å². The topological polar surface area (TPSA) is 94.1 Å². The summed E-state index contributed by atoms with van der Waals surface area (Å²) in [5.74, 6) is -0.810. The number of benzene rings is 1. The van der Waals surface area contributed by atoms with Crippen LogP contribution in [0.25, 0.3) is 0 Å². The molecule has 0 saturated heterocycles. The Morgan fingerprint density at radius 3 is 2.38 bits per heavy atom. The second kappa shape index (κ2) is 5.51. The number of hydrogen-bond acceptors (Lipinski definition) is 5. The van der Waals surface area contributed by atoms with Crippen molar-refractivity contribution >= 4 is 17.7 Å². The van der Waals surface area contributed by atoms with E-state index in [2.05, 4.69) is 5.32 Å². The molecular weight excluding hydrogens is 278 g/mol. The summed E-state index contributed by atoms with van der Waals surface area (Å²) >= 11 is 0. The van der Waals surface area contributed by atoms with Crippen molar-refractivity contribution in [1.82, 2.24) is 0 Å². The molecule has 1 aliphatic rings. The number of amides is 1. The minimum absolute atomic E-state index is 0.0144. The fraction of sp³-hybridized carbons (Fsp3) is 0.429. The standard InChI is InChI=1S/C14H17NO6/c1-14(2,3)21-13(18)15-9-5-4-8(12(16)17)10-11(9)20-7-6-19-10/h4-5H,6-7H2,1-3H3,(H,15,18)(H,16,17). The summed E-state index contributed by atoms with van der Waals surface area (Å²) in [6.45, 7) is 5.77. The van der Waals surface area contributed by atoms with E-state index in [1.54, 1.807) is 20.8 Å². The quantitative estimate of drug-likeness (QED) is 0.870. The van der Waals surface area contributed by atoms with Gasteiger partial charge in [-0.1, -0.05) is 0 Å². The van der Waals surface area contributed by atoms with E-state index in [1.807, 2.05) is 0 Å². The van der Waals surface area contributed by atoms with Gasteiger partial charge in [0.25, 0.3) is 0 Å². The summed E-state index contributed by atoms with van der Waals surface area (Å²) < 4.78 is 15.9. The van der Waals surface area contributed by atoms with E-state index in [4.69, 9.17) is 19.3 Å². The molecule has 21 heavy (non-hydrogen) atoms. The molecule has 0 aromatic heterocycles. The van der Waals surface area contributed by atoms with Crippen LogP contribution in [0.15, 0.2) is 12.1 Å². The molecule has 7 nitrogen and oxygen atoms in total. The molecule has 0 aliphatic carbocycles. The Kier molecular flexibility index (Phi) is 3.93. The van der Waals surface area contributed by atoms with Gasteiger partial charge in [0, 0.05) is 0 Å². The largest absolute Gasteiger partial charge is 0.485 e. The number of carbonyl (C=O) groups is 2. The molecule has 0 saturated carbocycles. The molecule has 0 atom stereocenters. The third-order valence-corrected chi connectivity index (χ3v) is 2.55. The second-order valence-corrected chi connectivity index (χ2v) is 5.45. The number of nitrogens with one attached hydrogen (secondary N) is 1. The summed E-state index contributed by atoms with van der Waals surface area (Å²) in [5, 5.41) is 11.7. The van der Waals surface area contributed by atoms with Gasteiger partial charge in [-0.05, 0) is 32.9 Å². The number of fused-ring (bicyclic) bond motifs is 1. The molecule has 1 aromatic carbocycles. The molecule has 0 spiro atoms. The number of carboxylic acid groups (broad SMARTS) is 1. The van der Waals surface area contributed by atoms with Crippen molar-refractivity contribution in [2.45, 2.75) is 26.4 Å². The lowest BCUT2D eigenvalue weighted by molar-refractivity contribution is 0.0634. The Morgan fingerprint density at radius 1 is 1.19 bits per heavy atom. The van der Waals surface area contributed by atoms with Crippen LogP contribution in [-0.2, 0) is 4.74 Å². The number of rotatable bonds is 2. The molecule has 0 unspecified atom stereocenters. The Hall–Kier alpha value is -2.44. The first kappa shape index (κ1) is 15.0. The smallest absolute Gasteiger partial charge is 0.412 e. The maximum atomic E-state index is 11.8. The van der Waals surface area contributed by atoms with Crippen molar-refractivity contribution in [2.24, 2.45) is 0 Å².